The molecule has 0 saturated heterocycles. The van der Waals surface area contributed by atoms with E-state index in [-0.39, 0.29) is 30.9 Å². The number of aliphatic hydroxyl groups is 1. The van der Waals surface area contributed by atoms with Crippen LogP contribution >= 0.6 is 11.6 Å². The number of hydrogen-bond acceptors (Lipinski definition) is 3. The summed E-state index contributed by atoms with van der Waals surface area (Å²) < 4.78 is 40.8. The highest BCUT2D eigenvalue weighted by Crippen LogP contribution is 2.36. The lowest BCUT2D eigenvalue weighted by Gasteiger charge is -2.25. The normalized spacial score (nSPS) is 15.6. The van der Waals surface area contributed by atoms with Crippen molar-refractivity contribution in [3.63, 3.8) is 0 Å². The number of halogens is 4. The maximum Gasteiger partial charge on any atom is 0.417 e. The summed E-state index contributed by atoms with van der Waals surface area (Å²) in [4.78, 5) is 25.2. The lowest BCUT2D eigenvalue weighted by atomic mass is 9.91. The van der Waals surface area contributed by atoms with Crippen LogP contribution in [-0.4, -0.2) is 40.9 Å². The quantitative estimate of drug-likeness (QED) is 0.429. The summed E-state index contributed by atoms with van der Waals surface area (Å²) in [6, 6.07) is 9.36. The molecule has 180 valence electrons. The van der Waals surface area contributed by atoms with Crippen molar-refractivity contribution in [3.8, 4) is 0 Å². The highest BCUT2D eigenvalue weighted by molar-refractivity contribution is 6.31. The first-order chi connectivity index (χ1) is 16.2. The molecule has 0 aliphatic heterocycles. The Bertz CT molecular complexity index is 1240. The second-order valence-electron chi connectivity index (χ2n) is 7.96. The molecule has 0 saturated carbocycles. The molecule has 0 spiro atoms. The zero-order chi connectivity index (χ0) is 24.5. The molecule has 4 rings (SSSR count). The number of carbonyl (C=O) groups is 2. The number of nitrogens with zero attached hydrogens (tertiary/aromatic N) is 1. The zero-order valence-corrected chi connectivity index (χ0v) is 18.6. The van der Waals surface area contributed by atoms with E-state index in [9.17, 15) is 22.8 Å². The minimum absolute atomic E-state index is 0.0251. The Hall–Kier alpha value is -3.24. The lowest BCUT2D eigenvalue weighted by molar-refractivity contribution is -0.137. The monoisotopic (exact) mass is 494 g/mol. The third-order valence-corrected chi connectivity index (χ3v) is 6.05. The van der Waals surface area contributed by atoms with Crippen LogP contribution in [0.5, 0.6) is 0 Å². The molecule has 3 aromatic rings. The van der Waals surface area contributed by atoms with Gasteiger partial charge in [0.25, 0.3) is 0 Å². The average molecular weight is 495 g/mol. The second-order valence-corrected chi connectivity index (χ2v) is 8.37. The van der Waals surface area contributed by atoms with Crippen molar-refractivity contribution < 1.29 is 27.9 Å². The summed E-state index contributed by atoms with van der Waals surface area (Å²) >= 11 is 5.63. The Morgan fingerprint density at radius 3 is 2.68 bits per heavy atom. The molecule has 1 heterocycles. The van der Waals surface area contributed by atoms with Gasteiger partial charge in [0, 0.05) is 29.4 Å². The van der Waals surface area contributed by atoms with E-state index in [1.807, 2.05) is 24.3 Å². The zero-order valence-electron chi connectivity index (χ0n) is 17.9. The first-order valence-corrected chi connectivity index (χ1v) is 11.0. The van der Waals surface area contributed by atoms with Crippen molar-refractivity contribution in [1.82, 2.24) is 15.2 Å². The van der Waals surface area contributed by atoms with E-state index in [0.29, 0.717) is 19.3 Å². The number of fused-ring (bicyclic) bond motifs is 3. The summed E-state index contributed by atoms with van der Waals surface area (Å²) in [5.41, 5.74) is 1.44. The molecule has 0 fully saturated rings. The molecule has 2 aromatic carbocycles. The molecular formula is C23H22ClF3N4O3. The van der Waals surface area contributed by atoms with E-state index >= 15 is 0 Å². The van der Waals surface area contributed by atoms with Crippen molar-refractivity contribution in [2.45, 2.75) is 31.5 Å². The SMILES string of the molecule is O=C(Nc1ccc(Cl)c(C(F)(F)F)c1)NC1CCc2c(c3ccccc3n2C(=O)NCCO)C1. The minimum Gasteiger partial charge on any atom is -0.395 e. The summed E-state index contributed by atoms with van der Waals surface area (Å²) in [5.74, 6) is 0. The van der Waals surface area contributed by atoms with Gasteiger partial charge in [0.15, 0.2) is 0 Å². The van der Waals surface area contributed by atoms with Crippen molar-refractivity contribution in [2.24, 2.45) is 0 Å². The van der Waals surface area contributed by atoms with Gasteiger partial charge in [-0.25, -0.2) is 9.59 Å². The summed E-state index contributed by atoms with van der Waals surface area (Å²) in [7, 11) is 0. The van der Waals surface area contributed by atoms with E-state index < -0.39 is 22.8 Å². The van der Waals surface area contributed by atoms with E-state index in [2.05, 4.69) is 16.0 Å². The smallest absolute Gasteiger partial charge is 0.395 e. The van der Waals surface area contributed by atoms with Gasteiger partial charge in [-0.3, -0.25) is 4.57 Å². The van der Waals surface area contributed by atoms with Gasteiger partial charge in [-0.15, -0.1) is 0 Å². The van der Waals surface area contributed by atoms with E-state index in [4.69, 9.17) is 16.7 Å². The highest BCUT2D eigenvalue weighted by Gasteiger charge is 2.33. The van der Waals surface area contributed by atoms with Crippen molar-refractivity contribution >= 4 is 40.3 Å². The number of anilines is 1. The molecule has 1 aromatic heterocycles. The summed E-state index contributed by atoms with van der Waals surface area (Å²) in [6.45, 7) is -0.0441. The maximum atomic E-state index is 13.1. The van der Waals surface area contributed by atoms with Gasteiger partial charge < -0.3 is 21.1 Å². The highest BCUT2D eigenvalue weighted by atomic mass is 35.5. The number of hydrogen-bond donors (Lipinski definition) is 4. The van der Waals surface area contributed by atoms with E-state index in [1.165, 1.54) is 6.07 Å². The Labute approximate surface area is 197 Å². The fraction of sp³-hybridized carbons (Fsp3) is 0.304. The van der Waals surface area contributed by atoms with Gasteiger partial charge in [-0.1, -0.05) is 29.8 Å². The number of nitrogens with one attached hydrogen (secondary N) is 3. The molecule has 0 bridgehead atoms. The fourth-order valence-electron chi connectivity index (χ4n) is 4.28. The number of carbonyl (C=O) groups excluding carboxylic acids is 2. The van der Waals surface area contributed by atoms with Crippen LogP contribution < -0.4 is 16.0 Å². The molecule has 4 N–H and O–H groups in total. The first kappa shape index (κ1) is 23.9. The molecule has 1 unspecified atom stereocenters. The third-order valence-electron chi connectivity index (χ3n) is 5.72. The van der Waals surface area contributed by atoms with Gasteiger partial charge in [0.05, 0.1) is 22.7 Å². The molecule has 1 aliphatic carbocycles. The molecule has 7 nitrogen and oxygen atoms in total. The molecule has 3 amide bonds. The number of urea groups is 1. The molecule has 0 radical (unpaired) electrons. The number of aliphatic hydroxyl groups excluding tert-OH is 1. The van der Waals surface area contributed by atoms with Gasteiger partial charge in [-0.05, 0) is 49.1 Å². The van der Waals surface area contributed by atoms with E-state index in [0.717, 1.165) is 34.3 Å². The van der Waals surface area contributed by atoms with Crippen LogP contribution in [-0.2, 0) is 19.0 Å². The second kappa shape index (κ2) is 9.55. The first-order valence-electron chi connectivity index (χ1n) is 10.6. The maximum absolute atomic E-state index is 13.1. The number of amides is 3. The Kier molecular flexibility index (Phi) is 6.72. The topological polar surface area (TPSA) is 95.4 Å². The molecular weight excluding hydrogens is 473 g/mol. The fourth-order valence-corrected chi connectivity index (χ4v) is 4.50. The van der Waals surface area contributed by atoms with Gasteiger partial charge in [0.1, 0.15) is 0 Å². The lowest BCUT2D eigenvalue weighted by Crippen LogP contribution is -2.41. The van der Waals surface area contributed by atoms with Crippen molar-refractivity contribution in [1.29, 1.82) is 0 Å². The molecule has 1 atom stereocenters. The van der Waals surface area contributed by atoms with Crippen LogP contribution in [0, 0.1) is 0 Å². The minimum atomic E-state index is -4.64. The number of aromatic nitrogens is 1. The van der Waals surface area contributed by atoms with Crippen LogP contribution in [0.15, 0.2) is 42.5 Å². The van der Waals surface area contributed by atoms with Crippen molar-refractivity contribution in [2.75, 3.05) is 18.5 Å². The Morgan fingerprint density at radius 1 is 1.18 bits per heavy atom. The summed E-state index contributed by atoms with van der Waals surface area (Å²) in [6.07, 6.45) is -3.13. The van der Waals surface area contributed by atoms with E-state index in [1.54, 1.807) is 4.57 Å². The number of para-hydroxylation sites is 1. The predicted molar refractivity (Wildman–Crippen MR) is 122 cm³/mol. The molecule has 11 heteroatoms. The third kappa shape index (κ3) is 4.83. The molecule has 1 aliphatic rings. The standard InChI is InChI=1S/C23H22ClF3N4O3/c24-18-7-5-14(12-17(18)23(25,26)27)30-21(33)29-13-6-8-20-16(11-13)15-3-1-2-4-19(15)31(20)22(34)28-9-10-32/h1-5,7,12-13,32H,6,8-11H2,(H,28,34)(H2,29,30,33). The van der Waals surface area contributed by atoms with Gasteiger partial charge >= 0.3 is 18.2 Å². The van der Waals surface area contributed by atoms with Crippen LogP contribution in [0.25, 0.3) is 10.9 Å². The predicted octanol–water partition coefficient (Wildman–Crippen LogP) is 4.54. The van der Waals surface area contributed by atoms with Crippen molar-refractivity contribution in [3.05, 3.63) is 64.3 Å². The molecule has 34 heavy (non-hydrogen) atoms. The number of alkyl halides is 3. The van der Waals surface area contributed by atoms with Crippen LogP contribution in [0.4, 0.5) is 28.4 Å². The Morgan fingerprint density at radius 2 is 1.94 bits per heavy atom. The van der Waals surface area contributed by atoms with Crippen LogP contribution in [0.1, 0.15) is 23.2 Å². The average Bonchev–Trinajstić information content (AvgIpc) is 3.12. The summed E-state index contributed by atoms with van der Waals surface area (Å²) in [5, 5.41) is 17.4. The number of rotatable bonds is 4. The number of benzene rings is 2. The van der Waals surface area contributed by atoms with Crippen LogP contribution in [0.2, 0.25) is 5.02 Å². The Balaban J connectivity index is 1.51. The van der Waals surface area contributed by atoms with Gasteiger partial charge in [0.2, 0.25) is 0 Å². The van der Waals surface area contributed by atoms with Crippen LogP contribution in [0.3, 0.4) is 0 Å². The van der Waals surface area contributed by atoms with Gasteiger partial charge in [-0.2, -0.15) is 13.2 Å². The largest absolute Gasteiger partial charge is 0.417 e.